The van der Waals surface area contributed by atoms with Crippen LogP contribution in [0.3, 0.4) is 0 Å². The predicted molar refractivity (Wildman–Crippen MR) is 123 cm³/mol. The summed E-state index contributed by atoms with van der Waals surface area (Å²) in [6.07, 6.45) is -2.55. The molecule has 1 aromatic heterocycles. The van der Waals surface area contributed by atoms with E-state index in [1.165, 1.54) is 22.6 Å². The number of carbonyl (C=O) groups excluding carboxylic acids is 1. The minimum atomic E-state index is -4.76. The summed E-state index contributed by atoms with van der Waals surface area (Å²) < 4.78 is 64.4. The van der Waals surface area contributed by atoms with Crippen LogP contribution in [0.2, 0.25) is 0 Å². The maximum atomic E-state index is 13.9. The van der Waals surface area contributed by atoms with E-state index in [2.05, 4.69) is 10.3 Å². The maximum absolute atomic E-state index is 13.9. The summed E-state index contributed by atoms with van der Waals surface area (Å²) in [5, 5.41) is 7.92. The number of hydrogen-bond acceptors (Lipinski definition) is 6. The van der Waals surface area contributed by atoms with Gasteiger partial charge in [-0.3, -0.25) is 0 Å². The zero-order valence-corrected chi connectivity index (χ0v) is 20.5. The van der Waals surface area contributed by atoms with E-state index in [-0.39, 0.29) is 12.3 Å². The highest BCUT2D eigenvalue weighted by molar-refractivity contribution is 7.98. The van der Waals surface area contributed by atoms with Gasteiger partial charge in [0, 0.05) is 16.7 Å². The summed E-state index contributed by atoms with van der Waals surface area (Å²) in [6, 6.07) is 8.21. The number of halogens is 4. The van der Waals surface area contributed by atoms with Crippen LogP contribution in [0.1, 0.15) is 44.5 Å². The number of benzene rings is 2. The number of hydrogen-bond donors (Lipinski definition) is 0. The van der Waals surface area contributed by atoms with Crippen LogP contribution in [-0.2, 0) is 27.9 Å². The van der Waals surface area contributed by atoms with Gasteiger partial charge < -0.3 is 9.47 Å². The third kappa shape index (κ3) is 6.53. The van der Waals surface area contributed by atoms with E-state index in [9.17, 15) is 22.4 Å². The van der Waals surface area contributed by atoms with E-state index in [0.29, 0.717) is 29.7 Å². The molecular formula is C24H25F4N3O3S. The lowest BCUT2D eigenvalue weighted by Gasteiger charge is -2.25. The van der Waals surface area contributed by atoms with Crippen molar-refractivity contribution in [1.29, 1.82) is 0 Å². The molecule has 0 saturated carbocycles. The molecule has 3 aromatic rings. The fourth-order valence-corrected chi connectivity index (χ4v) is 4.00. The Balaban J connectivity index is 1.69. The van der Waals surface area contributed by atoms with Crippen molar-refractivity contribution >= 4 is 17.7 Å². The number of alkyl halides is 3. The number of rotatable bonds is 9. The minimum absolute atomic E-state index is 0.137. The second-order valence-electron chi connectivity index (χ2n) is 8.06. The molecular weight excluding hydrogens is 486 g/mol. The molecule has 2 aromatic carbocycles. The summed E-state index contributed by atoms with van der Waals surface area (Å²) in [7, 11) is 0. The average molecular weight is 512 g/mol. The number of aryl methyl sites for hydroxylation is 1. The number of esters is 1. The fraction of sp³-hybridized carbons (Fsp3) is 0.375. The molecule has 0 aliphatic heterocycles. The fourth-order valence-electron chi connectivity index (χ4n) is 3.17. The van der Waals surface area contributed by atoms with Crippen LogP contribution < -0.4 is 4.74 Å². The quantitative estimate of drug-likeness (QED) is 0.199. The van der Waals surface area contributed by atoms with Crippen molar-refractivity contribution in [1.82, 2.24) is 15.0 Å². The molecule has 11 heteroatoms. The highest BCUT2D eigenvalue weighted by atomic mass is 32.2. The van der Waals surface area contributed by atoms with Crippen molar-refractivity contribution in [3.8, 4) is 11.4 Å². The van der Waals surface area contributed by atoms with E-state index in [1.54, 1.807) is 26.8 Å². The molecule has 3 rings (SSSR count). The molecule has 0 fully saturated rings. The van der Waals surface area contributed by atoms with Gasteiger partial charge in [0.25, 0.3) is 0 Å². The topological polar surface area (TPSA) is 66.2 Å². The summed E-state index contributed by atoms with van der Waals surface area (Å²) >= 11 is 1.48. The average Bonchev–Trinajstić information content (AvgIpc) is 3.26. The first-order valence-corrected chi connectivity index (χ1v) is 11.8. The molecule has 0 atom stereocenters. The van der Waals surface area contributed by atoms with Crippen molar-refractivity contribution < 1.29 is 31.8 Å². The van der Waals surface area contributed by atoms with Gasteiger partial charge in [0.05, 0.1) is 29.7 Å². The Bertz CT molecular complexity index is 1190. The Hall–Kier alpha value is -3.08. The molecule has 0 amide bonds. The zero-order chi connectivity index (χ0) is 25.8. The first-order chi connectivity index (χ1) is 16.4. The third-order valence-electron chi connectivity index (χ3n) is 5.00. The van der Waals surface area contributed by atoms with Crippen LogP contribution in [0.15, 0.2) is 47.5 Å². The Morgan fingerprint density at radius 3 is 2.49 bits per heavy atom. The first kappa shape index (κ1) is 26.5. The molecule has 0 radical (unpaired) electrons. The SMILES string of the molecule is CCOC(=O)C(C)(C)Oc1ccc(SCc2cn(-c3ccc(C(F)(F)F)c(F)c3)nn2)cc1CC. The van der Waals surface area contributed by atoms with Crippen LogP contribution in [0.25, 0.3) is 5.69 Å². The van der Waals surface area contributed by atoms with E-state index in [4.69, 9.17) is 9.47 Å². The highest BCUT2D eigenvalue weighted by Crippen LogP contribution is 2.33. The Kier molecular flexibility index (Phi) is 8.09. The molecule has 0 bridgehead atoms. The number of aromatic nitrogens is 3. The molecule has 6 nitrogen and oxygen atoms in total. The lowest BCUT2D eigenvalue weighted by atomic mass is 10.1. The third-order valence-corrected chi connectivity index (χ3v) is 6.02. The molecule has 1 heterocycles. The monoisotopic (exact) mass is 511 g/mol. The highest BCUT2D eigenvalue weighted by Gasteiger charge is 2.34. The van der Waals surface area contributed by atoms with E-state index in [1.807, 2.05) is 19.1 Å². The standard InChI is InChI=1S/C24H25F4N3O3S/c1-5-15-11-18(8-10-21(15)34-23(3,4)22(32)33-6-2)35-14-16-13-31(30-29-16)17-7-9-19(20(25)12-17)24(26,27)28/h7-13H,5-6,14H2,1-4H3. The second-order valence-corrected chi connectivity index (χ2v) is 9.11. The van der Waals surface area contributed by atoms with Gasteiger partial charge in [-0.15, -0.1) is 16.9 Å². The van der Waals surface area contributed by atoms with Gasteiger partial charge >= 0.3 is 12.1 Å². The Morgan fingerprint density at radius 2 is 1.86 bits per heavy atom. The lowest BCUT2D eigenvalue weighted by Crippen LogP contribution is -2.40. The molecule has 0 aliphatic carbocycles. The predicted octanol–water partition coefficient (Wildman–Crippen LogP) is 6.00. The zero-order valence-electron chi connectivity index (χ0n) is 19.6. The first-order valence-electron chi connectivity index (χ1n) is 10.8. The summed E-state index contributed by atoms with van der Waals surface area (Å²) in [4.78, 5) is 13.1. The van der Waals surface area contributed by atoms with Gasteiger partial charge in [0.1, 0.15) is 11.6 Å². The van der Waals surface area contributed by atoms with E-state index < -0.39 is 29.1 Å². The second kappa shape index (κ2) is 10.7. The normalized spacial score (nSPS) is 12.0. The molecule has 0 spiro atoms. The minimum Gasteiger partial charge on any atom is -0.476 e. The van der Waals surface area contributed by atoms with Crippen LogP contribution >= 0.6 is 11.8 Å². The maximum Gasteiger partial charge on any atom is 0.419 e. The van der Waals surface area contributed by atoms with Gasteiger partial charge in [-0.1, -0.05) is 12.1 Å². The van der Waals surface area contributed by atoms with Crippen molar-refractivity contribution in [3.05, 3.63) is 65.2 Å². The van der Waals surface area contributed by atoms with Crippen molar-refractivity contribution in [2.24, 2.45) is 0 Å². The number of nitrogens with zero attached hydrogens (tertiary/aromatic N) is 3. The van der Waals surface area contributed by atoms with E-state index >= 15 is 0 Å². The molecule has 0 saturated heterocycles. The van der Waals surface area contributed by atoms with Gasteiger partial charge in [-0.25, -0.2) is 13.9 Å². The van der Waals surface area contributed by atoms with Gasteiger partial charge in [0.2, 0.25) is 0 Å². The smallest absolute Gasteiger partial charge is 0.419 e. The lowest BCUT2D eigenvalue weighted by molar-refractivity contribution is -0.158. The molecule has 0 N–H and O–H groups in total. The molecule has 0 unspecified atom stereocenters. The van der Waals surface area contributed by atoms with Crippen molar-refractivity contribution in [3.63, 3.8) is 0 Å². The number of carbonyl (C=O) groups is 1. The molecule has 35 heavy (non-hydrogen) atoms. The van der Waals surface area contributed by atoms with Gasteiger partial charge in [0.15, 0.2) is 5.60 Å². The van der Waals surface area contributed by atoms with Crippen LogP contribution in [0.5, 0.6) is 5.75 Å². The Labute approximate surface area is 204 Å². The molecule has 0 aliphatic rings. The van der Waals surface area contributed by atoms with Gasteiger partial charge in [-0.05, 0) is 63.1 Å². The number of thioether (sulfide) groups is 1. The van der Waals surface area contributed by atoms with E-state index in [0.717, 1.165) is 22.6 Å². The summed E-state index contributed by atoms with van der Waals surface area (Å²) in [5.74, 6) is -0.801. The van der Waals surface area contributed by atoms with Gasteiger partial charge in [-0.2, -0.15) is 13.2 Å². The van der Waals surface area contributed by atoms with Crippen LogP contribution in [0, 0.1) is 5.82 Å². The largest absolute Gasteiger partial charge is 0.476 e. The molecule has 188 valence electrons. The number of ether oxygens (including phenoxy) is 2. The summed E-state index contributed by atoms with van der Waals surface area (Å²) in [5.41, 5.74) is -0.848. The summed E-state index contributed by atoms with van der Waals surface area (Å²) in [6.45, 7) is 7.28. The Morgan fingerprint density at radius 1 is 1.11 bits per heavy atom. The van der Waals surface area contributed by atoms with Crippen molar-refractivity contribution in [2.75, 3.05) is 6.61 Å². The van der Waals surface area contributed by atoms with Crippen LogP contribution in [0.4, 0.5) is 17.6 Å². The van der Waals surface area contributed by atoms with Crippen LogP contribution in [-0.4, -0.2) is 33.2 Å². The van der Waals surface area contributed by atoms with Crippen molar-refractivity contribution in [2.45, 2.75) is 56.5 Å².